The maximum absolute atomic E-state index is 11.3. The Morgan fingerprint density at radius 2 is 1.70 bits per heavy atom. The third-order valence-electron chi connectivity index (χ3n) is 4.33. The summed E-state index contributed by atoms with van der Waals surface area (Å²) < 4.78 is 0. The van der Waals surface area contributed by atoms with Crippen LogP contribution in [-0.4, -0.2) is 20.9 Å². The van der Waals surface area contributed by atoms with E-state index in [4.69, 9.17) is 5.73 Å². The van der Waals surface area contributed by atoms with Crippen molar-refractivity contribution in [2.24, 2.45) is 5.73 Å². The highest BCUT2D eigenvalue weighted by Gasteiger charge is 2.29. The van der Waals surface area contributed by atoms with Crippen LogP contribution in [0.4, 0.5) is 0 Å². The van der Waals surface area contributed by atoms with Crippen LogP contribution in [0.1, 0.15) is 62.4 Å². The Hall–Kier alpha value is -2.30. The molecule has 0 bridgehead atoms. The lowest BCUT2D eigenvalue weighted by Crippen LogP contribution is -2.26. The van der Waals surface area contributed by atoms with E-state index < -0.39 is 5.91 Å². The SMILES string of the molecule is CC(C)(CCC(C)(C)c1cccc(C(N)=O)n1)c1cnccn1. The molecule has 0 aromatic carbocycles. The van der Waals surface area contributed by atoms with Gasteiger partial charge in [0.25, 0.3) is 5.91 Å². The topological polar surface area (TPSA) is 81.8 Å². The molecule has 0 aliphatic carbocycles. The van der Waals surface area contributed by atoms with E-state index in [2.05, 4.69) is 42.6 Å². The van der Waals surface area contributed by atoms with Crippen LogP contribution in [0.25, 0.3) is 0 Å². The number of carbonyl (C=O) groups is 1. The van der Waals surface area contributed by atoms with E-state index in [1.807, 2.05) is 18.3 Å². The van der Waals surface area contributed by atoms with Crippen LogP contribution in [0.3, 0.4) is 0 Å². The largest absolute Gasteiger partial charge is 0.364 e. The Balaban J connectivity index is 2.15. The average molecular weight is 312 g/mol. The normalized spacial score (nSPS) is 12.2. The molecular weight excluding hydrogens is 288 g/mol. The number of pyridine rings is 1. The van der Waals surface area contributed by atoms with Crippen LogP contribution in [0.2, 0.25) is 0 Å². The highest BCUT2D eigenvalue weighted by molar-refractivity contribution is 5.90. The van der Waals surface area contributed by atoms with Crippen molar-refractivity contribution in [1.29, 1.82) is 0 Å². The number of carbonyl (C=O) groups excluding carboxylic acids is 1. The minimum absolute atomic E-state index is 0.0766. The van der Waals surface area contributed by atoms with Gasteiger partial charge in [-0.15, -0.1) is 0 Å². The molecular formula is C18H24N4O. The summed E-state index contributed by atoms with van der Waals surface area (Å²) in [5.41, 5.74) is 7.26. The van der Waals surface area contributed by atoms with Crippen LogP contribution in [-0.2, 0) is 10.8 Å². The molecule has 0 spiro atoms. The number of nitrogens with two attached hydrogens (primary N) is 1. The first kappa shape index (κ1) is 17.1. The lowest BCUT2D eigenvalue weighted by Gasteiger charge is -2.30. The lowest BCUT2D eigenvalue weighted by molar-refractivity contribution is 0.0995. The molecule has 2 aromatic rings. The Labute approximate surface area is 137 Å². The number of hydrogen-bond acceptors (Lipinski definition) is 4. The molecule has 2 aromatic heterocycles. The second-order valence-corrected chi connectivity index (χ2v) is 7.13. The molecule has 0 radical (unpaired) electrons. The zero-order valence-corrected chi connectivity index (χ0v) is 14.2. The Bertz CT molecular complexity index is 680. The third-order valence-corrected chi connectivity index (χ3v) is 4.33. The number of primary amides is 1. The fourth-order valence-electron chi connectivity index (χ4n) is 2.48. The zero-order chi connectivity index (χ0) is 17.1. The number of nitrogens with zero attached hydrogens (tertiary/aromatic N) is 3. The first-order valence-electron chi connectivity index (χ1n) is 7.76. The molecule has 2 rings (SSSR count). The molecule has 0 saturated carbocycles. The van der Waals surface area contributed by atoms with Gasteiger partial charge in [-0.3, -0.25) is 14.8 Å². The van der Waals surface area contributed by atoms with Crippen molar-refractivity contribution >= 4 is 5.91 Å². The summed E-state index contributed by atoms with van der Waals surface area (Å²) in [4.78, 5) is 24.3. The van der Waals surface area contributed by atoms with Crippen molar-refractivity contribution in [1.82, 2.24) is 15.0 Å². The Kier molecular flexibility index (Phi) is 4.78. The van der Waals surface area contributed by atoms with Crippen LogP contribution in [0.5, 0.6) is 0 Å². The molecule has 2 heterocycles. The van der Waals surface area contributed by atoms with E-state index in [9.17, 15) is 4.79 Å². The third kappa shape index (κ3) is 4.12. The second-order valence-electron chi connectivity index (χ2n) is 7.13. The summed E-state index contributed by atoms with van der Waals surface area (Å²) in [5, 5.41) is 0. The van der Waals surface area contributed by atoms with E-state index in [-0.39, 0.29) is 10.8 Å². The molecule has 0 unspecified atom stereocenters. The zero-order valence-electron chi connectivity index (χ0n) is 14.2. The fraction of sp³-hybridized carbons (Fsp3) is 0.444. The van der Waals surface area contributed by atoms with Gasteiger partial charge in [-0.05, 0) is 25.0 Å². The maximum Gasteiger partial charge on any atom is 0.267 e. The number of aromatic nitrogens is 3. The molecule has 0 fully saturated rings. The highest BCUT2D eigenvalue weighted by atomic mass is 16.1. The van der Waals surface area contributed by atoms with E-state index >= 15 is 0 Å². The lowest BCUT2D eigenvalue weighted by atomic mass is 9.76. The van der Waals surface area contributed by atoms with Crippen LogP contribution in [0, 0.1) is 0 Å². The predicted octanol–water partition coefficient (Wildman–Crippen LogP) is 3.01. The van der Waals surface area contributed by atoms with Crippen molar-refractivity contribution < 1.29 is 4.79 Å². The highest BCUT2D eigenvalue weighted by Crippen LogP contribution is 2.34. The van der Waals surface area contributed by atoms with Gasteiger partial charge in [-0.2, -0.15) is 0 Å². The van der Waals surface area contributed by atoms with Crippen molar-refractivity contribution in [2.75, 3.05) is 0 Å². The second kappa shape index (κ2) is 6.44. The van der Waals surface area contributed by atoms with E-state index in [1.165, 1.54) is 0 Å². The van der Waals surface area contributed by atoms with Gasteiger partial charge < -0.3 is 5.73 Å². The maximum atomic E-state index is 11.3. The van der Waals surface area contributed by atoms with Gasteiger partial charge in [0.15, 0.2) is 0 Å². The molecule has 0 aliphatic heterocycles. The minimum Gasteiger partial charge on any atom is -0.364 e. The monoisotopic (exact) mass is 312 g/mol. The standard InChI is InChI=1S/C18H24N4O/c1-17(2,14-7-5-6-13(22-14)16(19)23)8-9-18(3,4)15-12-20-10-11-21-15/h5-7,10-12H,8-9H2,1-4H3,(H2,19,23). The molecule has 5 nitrogen and oxygen atoms in total. The van der Waals surface area contributed by atoms with Crippen molar-refractivity contribution in [3.05, 3.63) is 53.9 Å². The number of rotatable bonds is 6. The van der Waals surface area contributed by atoms with Gasteiger partial charge in [0.2, 0.25) is 0 Å². The molecule has 0 saturated heterocycles. The number of hydrogen-bond donors (Lipinski definition) is 1. The van der Waals surface area contributed by atoms with E-state index in [0.29, 0.717) is 5.69 Å². The summed E-state index contributed by atoms with van der Waals surface area (Å²) in [6.45, 7) is 8.60. The minimum atomic E-state index is -0.498. The molecule has 23 heavy (non-hydrogen) atoms. The molecule has 122 valence electrons. The summed E-state index contributed by atoms with van der Waals surface area (Å²) in [6.07, 6.45) is 7.06. The molecule has 2 N–H and O–H groups in total. The first-order chi connectivity index (χ1) is 10.7. The van der Waals surface area contributed by atoms with Crippen molar-refractivity contribution in [2.45, 2.75) is 51.4 Å². The van der Waals surface area contributed by atoms with Gasteiger partial charge in [0.05, 0.1) is 5.69 Å². The van der Waals surface area contributed by atoms with Crippen molar-refractivity contribution in [3.8, 4) is 0 Å². The number of amides is 1. The average Bonchev–Trinajstić information content (AvgIpc) is 2.54. The quantitative estimate of drug-likeness (QED) is 0.889. The van der Waals surface area contributed by atoms with Gasteiger partial charge >= 0.3 is 0 Å². The predicted molar refractivity (Wildman–Crippen MR) is 90.1 cm³/mol. The molecule has 1 amide bonds. The first-order valence-corrected chi connectivity index (χ1v) is 7.76. The van der Waals surface area contributed by atoms with E-state index in [1.54, 1.807) is 18.5 Å². The van der Waals surface area contributed by atoms with Gasteiger partial charge in [-0.1, -0.05) is 33.8 Å². The van der Waals surface area contributed by atoms with Crippen LogP contribution < -0.4 is 5.73 Å². The van der Waals surface area contributed by atoms with Crippen molar-refractivity contribution in [3.63, 3.8) is 0 Å². The Morgan fingerprint density at radius 3 is 2.26 bits per heavy atom. The molecule has 0 atom stereocenters. The van der Waals surface area contributed by atoms with Gasteiger partial charge in [0.1, 0.15) is 5.69 Å². The molecule has 0 aliphatic rings. The Morgan fingerprint density at radius 1 is 1.04 bits per heavy atom. The van der Waals surface area contributed by atoms with Gasteiger partial charge in [-0.25, -0.2) is 4.98 Å². The van der Waals surface area contributed by atoms with Crippen LogP contribution >= 0.6 is 0 Å². The van der Waals surface area contributed by atoms with Crippen LogP contribution in [0.15, 0.2) is 36.8 Å². The summed E-state index contributed by atoms with van der Waals surface area (Å²) in [6, 6.07) is 5.42. The summed E-state index contributed by atoms with van der Waals surface area (Å²) in [5.74, 6) is -0.498. The summed E-state index contributed by atoms with van der Waals surface area (Å²) >= 11 is 0. The smallest absolute Gasteiger partial charge is 0.267 e. The summed E-state index contributed by atoms with van der Waals surface area (Å²) in [7, 11) is 0. The van der Waals surface area contributed by atoms with Gasteiger partial charge in [0, 0.05) is 35.1 Å². The molecule has 5 heteroatoms. The fourth-order valence-corrected chi connectivity index (χ4v) is 2.48. The van der Waals surface area contributed by atoms with E-state index in [0.717, 1.165) is 24.2 Å².